The van der Waals surface area contributed by atoms with Gasteiger partial charge < -0.3 is 15.2 Å². The Morgan fingerprint density at radius 1 is 1.42 bits per heavy atom. The lowest BCUT2D eigenvalue weighted by Gasteiger charge is -2.36. The molecule has 2 rings (SSSR count). The molecule has 0 amide bonds. The third kappa shape index (κ3) is 3.64. The molecule has 1 aliphatic carbocycles. The van der Waals surface area contributed by atoms with Crippen LogP contribution < -0.4 is 10.1 Å². The first-order valence-electron chi connectivity index (χ1n) is 6.47. The number of alkyl halides is 2. The van der Waals surface area contributed by atoms with Crippen molar-refractivity contribution < 1.29 is 18.6 Å². The van der Waals surface area contributed by atoms with Gasteiger partial charge in [0.15, 0.2) is 0 Å². The van der Waals surface area contributed by atoms with E-state index in [-0.39, 0.29) is 5.75 Å². The maximum atomic E-state index is 12.4. The Labute approximate surface area is 111 Å². The summed E-state index contributed by atoms with van der Waals surface area (Å²) in [6.07, 6.45) is 2.64. The summed E-state index contributed by atoms with van der Waals surface area (Å²) in [5, 5.41) is 13.1. The Hall–Kier alpha value is -1.20. The molecule has 5 heteroatoms. The Balaban J connectivity index is 1.96. The highest BCUT2D eigenvalue weighted by molar-refractivity contribution is 5.40. The SMILES string of the molecule is Cc1cccc(CNCC2(O)CCC2)c1OC(F)F. The third-order valence-electron chi connectivity index (χ3n) is 3.55. The Morgan fingerprint density at radius 3 is 2.74 bits per heavy atom. The molecule has 0 spiro atoms. The van der Waals surface area contributed by atoms with Crippen LogP contribution in [0.15, 0.2) is 18.2 Å². The van der Waals surface area contributed by atoms with Gasteiger partial charge in [-0.05, 0) is 31.7 Å². The van der Waals surface area contributed by atoms with Crippen molar-refractivity contribution >= 4 is 0 Å². The maximum absolute atomic E-state index is 12.4. The summed E-state index contributed by atoms with van der Waals surface area (Å²) in [6, 6.07) is 5.30. The molecule has 106 valence electrons. The molecule has 1 saturated carbocycles. The highest BCUT2D eigenvalue weighted by Crippen LogP contribution is 2.31. The number of benzene rings is 1. The van der Waals surface area contributed by atoms with Crippen LogP contribution in [-0.4, -0.2) is 23.9 Å². The molecule has 1 aliphatic rings. The van der Waals surface area contributed by atoms with Crippen molar-refractivity contribution in [2.45, 2.75) is 44.9 Å². The first-order valence-corrected chi connectivity index (χ1v) is 6.47. The van der Waals surface area contributed by atoms with E-state index in [0.717, 1.165) is 19.3 Å². The number of hydrogen-bond acceptors (Lipinski definition) is 3. The molecule has 0 atom stereocenters. The summed E-state index contributed by atoms with van der Waals surface area (Å²) >= 11 is 0. The normalized spacial score (nSPS) is 17.3. The molecule has 1 fully saturated rings. The fourth-order valence-corrected chi connectivity index (χ4v) is 2.30. The number of hydrogen-bond donors (Lipinski definition) is 2. The number of rotatable bonds is 6. The van der Waals surface area contributed by atoms with Gasteiger partial charge in [0, 0.05) is 18.7 Å². The summed E-state index contributed by atoms with van der Waals surface area (Å²) in [5.41, 5.74) is 0.748. The largest absolute Gasteiger partial charge is 0.434 e. The first kappa shape index (κ1) is 14.2. The van der Waals surface area contributed by atoms with Crippen LogP contribution in [0.3, 0.4) is 0 Å². The lowest BCUT2D eigenvalue weighted by Crippen LogP contribution is -2.46. The molecule has 0 unspecified atom stereocenters. The molecule has 19 heavy (non-hydrogen) atoms. The molecule has 0 radical (unpaired) electrons. The monoisotopic (exact) mass is 271 g/mol. The van der Waals surface area contributed by atoms with Crippen LogP contribution in [0.4, 0.5) is 8.78 Å². The number of halogens is 2. The first-order chi connectivity index (χ1) is 9.00. The summed E-state index contributed by atoms with van der Waals surface area (Å²) < 4.78 is 29.3. The molecule has 0 heterocycles. The summed E-state index contributed by atoms with van der Waals surface area (Å²) in [5.74, 6) is 0.227. The molecule has 3 nitrogen and oxygen atoms in total. The van der Waals surface area contributed by atoms with Crippen LogP contribution in [-0.2, 0) is 6.54 Å². The topological polar surface area (TPSA) is 41.5 Å². The van der Waals surface area contributed by atoms with Gasteiger partial charge in [0.2, 0.25) is 0 Å². The van der Waals surface area contributed by atoms with Crippen molar-refractivity contribution in [3.8, 4) is 5.75 Å². The number of aliphatic hydroxyl groups is 1. The van der Waals surface area contributed by atoms with Crippen LogP contribution in [0.5, 0.6) is 5.75 Å². The van der Waals surface area contributed by atoms with Crippen molar-refractivity contribution in [1.29, 1.82) is 0 Å². The molecular weight excluding hydrogens is 252 g/mol. The highest BCUT2D eigenvalue weighted by Gasteiger charge is 2.33. The van der Waals surface area contributed by atoms with E-state index in [1.807, 2.05) is 6.07 Å². The number of para-hydroxylation sites is 1. The molecule has 1 aromatic carbocycles. The zero-order valence-electron chi connectivity index (χ0n) is 11.0. The van der Waals surface area contributed by atoms with Crippen molar-refractivity contribution in [2.75, 3.05) is 6.54 Å². The summed E-state index contributed by atoms with van der Waals surface area (Å²) in [6.45, 7) is -0.197. The average molecular weight is 271 g/mol. The van der Waals surface area contributed by atoms with E-state index in [2.05, 4.69) is 10.1 Å². The average Bonchev–Trinajstić information content (AvgIpc) is 2.31. The van der Waals surface area contributed by atoms with Crippen molar-refractivity contribution in [2.24, 2.45) is 0 Å². The predicted molar refractivity (Wildman–Crippen MR) is 68.3 cm³/mol. The van der Waals surface area contributed by atoms with Gasteiger partial charge in [0.25, 0.3) is 0 Å². The minimum absolute atomic E-state index is 0.227. The van der Waals surface area contributed by atoms with Crippen LogP contribution in [0.2, 0.25) is 0 Å². The van der Waals surface area contributed by atoms with Crippen LogP contribution in [0, 0.1) is 6.92 Å². The second-order valence-electron chi connectivity index (χ2n) is 5.12. The van der Waals surface area contributed by atoms with Gasteiger partial charge in [0.1, 0.15) is 5.75 Å². The van der Waals surface area contributed by atoms with Gasteiger partial charge in [-0.15, -0.1) is 0 Å². The Morgan fingerprint density at radius 2 is 2.16 bits per heavy atom. The second-order valence-corrected chi connectivity index (χ2v) is 5.12. The molecule has 0 bridgehead atoms. The minimum Gasteiger partial charge on any atom is -0.434 e. The van der Waals surface area contributed by atoms with E-state index in [1.54, 1.807) is 19.1 Å². The van der Waals surface area contributed by atoms with Crippen molar-refractivity contribution in [1.82, 2.24) is 5.32 Å². The minimum atomic E-state index is -2.82. The lowest BCUT2D eigenvalue weighted by molar-refractivity contribution is -0.0513. The summed E-state index contributed by atoms with van der Waals surface area (Å²) in [7, 11) is 0. The third-order valence-corrected chi connectivity index (χ3v) is 3.55. The van der Waals surface area contributed by atoms with E-state index in [1.165, 1.54) is 0 Å². The van der Waals surface area contributed by atoms with E-state index in [0.29, 0.717) is 24.2 Å². The van der Waals surface area contributed by atoms with Crippen molar-refractivity contribution in [3.05, 3.63) is 29.3 Å². The van der Waals surface area contributed by atoms with Gasteiger partial charge >= 0.3 is 6.61 Å². The van der Waals surface area contributed by atoms with Gasteiger partial charge in [-0.25, -0.2) is 0 Å². The number of nitrogens with one attached hydrogen (secondary N) is 1. The van der Waals surface area contributed by atoms with Gasteiger partial charge in [-0.3, -0.25) is 0 Å². The van der Waals surface area contributed by atoms with Gasteiger partial charge in [0.05, 0.1) is 5.60 Å². The second kappa shape index (κ2) is 5.84. The molecular formula is C14H19F2NO2. The molecule has 2 N–H and O–H groups in total. The Bertz CT molecular complexity index is 433. The van der Waals surface area contributed by atoms with E-state index in [4.69, 9.17) is 0 Å². The zero-order valence-corrected chi connectivity index (χ0v) is 11.0. The quantitative estimate of drug-likeness (QED) is 0.835. The molecule has 0 saturated heterocycles. The van der Waals surface area contributed by atoms with Gasteiger partial charge in [-0.2, -0.15) is 8.78 Å². The fourth-order valence-electron chi connectivity index (χ4n) is 2.30. The molecule has 0 aliphatic heterocycles. The smallest absolute Gasteiger partial charge is 0.387 e. The van der Waals surface area contributed by atoms with E-state index < -0.39 is 12.2 Å². The fraction of sp³-hybridized carbons (Fsp3) is 0.571. The zero-order chi connectivity index (χ0) is 13.9. The summed E-state index contributed by atoms with van der Waals surface area (Å²) in [4.78, 5) is 0. The van der Waals surface area contributed by atoms with E-state index in [9.17, 15) is 13.9 Å². The molecule has 1 aromatic rings. The standard InChI is InChI=1S/C14H19F2NO2/c1-10-4-2-5-11(12(10)19-13(15)16)8-17-9-14(18)6-3-7-14/h2,4-5,13,17-18H,3,6-9H2,1H3. The maximum Gasteiger partial charge on any atom is 0.387 e. The lowest BCUT2D eigenvalue weighted by atomic mass is 9.80. The van der Waals surface area contributed by atoms with Crippen LogP contribution in [0.1, 0.15) is 30.4 Å². The number of ether oxygens (including phenoxy) is 1. The molecule has 0 aromatic heterocycles. The van der Waals surface area contributed by atoms with Crippen LogP contribution >= 0.6 is 0 Å². The predicted octanol–water partition coefficient (Wildman–Crippen LogP) is 2.60. The highest BCUT2D eigenvalue weighted by atomic mass is 19.3. The van der Waals surface area contributed by atoms with Crippen molar-refractivity contribution in [3.63, 3.8) is 0 Å². The van der Waals surface area contributed by atoms with Gasteiger partial charge in [-0.1, -0.05) is 18.2 Å². The Kier molecular flexibility index (Phi) is 4.37. The van der Waals surface area contributed by atoms with Crippen LogP contribution in [0.25, 0.3) is 0 Å². The van der Waals surface area contributed by atoms with E-state index >= 15 is 0 Å². The number of aryl methyl sites for hydroxylation is 1.